The maximum Gasteiger partial charge on any atom is 0.300 e. The maximum atomic E-state index is 12.7. The standard InChI is InChI=1S/C20H18N4O2/c1-26-14-10-8-12(9-11-14)17-20(25)22-19-15-4-2-3-5-16(15)21-18(13-6-7-13)24(19)23-17/h2-5,8-11,13,18,21H,6-7H2,1H3/t18-/m1/s1. The Bertz CT molecular complexity index is 1040. The third-order valence-electron chi connectivity index (χ3n) is 5.00. The molecular formula is C20H18N4O2. The second kappa shape index (κ2) is 5.69. The smallest absolute Gasteiger partial charge is 0.300 e. The van der Waals surface area contributed by atoms with Crippen molar-refractivity contribution in [2.75, 3.05) is 12.4 Å². The van der Waals surface area contributed by atoms with Gasteiger partial charge in [0.1, 0.15) is 11.9 Å². The fourth-order valence-electron chi connectivity index (χ4n) is 3.46. The normalized spacial score (nSPS) is 17.8. The predicted octanol–water partition coefficient (Wildman–Crippen LogP) is 3.32. The molecular weight excluding hydrogens is 328 g/mol. The van der Waals surface area contributed by atoms with Crippen molar-refractivity contribution in [3.8, 4) is 28.4 Å². The molecule has 1 fully saturated rings. The van der Waals surface area contributed by atoms with Crippen LogP contribution in [0.5, 0.6) is 5.75 Å². The van der Waals surface area contributed by atoms with E-state index in [2.05, 4.69) is 10.3 Å². The zero-order chi connectivity index (χ0) is 17.7. The van der Waals surface area contributed by atoms with Gasteiger partial charge in [0.25, 0.3) is 5.56 Å². The van der Waals surface area contributed by atoms with Crippen molar-refractivity contribution < 1.29 is 4.74 Å². The first-order valence-corrected chi connectivity index (χ1v) is 8.76. The first-order chi connectivity index (χ1) is 12.7. The van der Waals surface area contributed by atoms with Crippen LogP contribution in [0.3, 0.4) is 0 Å². The van der Waals surface area contributed by atoms with Gasteiger partial charge in [0, 0.05) is 16.8 Å². The molecule has 1 saturated carbocycles. The van der Waals surface area contributed by atoms with E-state index >= 15 is 0 Å². The predicted molar refractivity (Wildman–Crippen MR) is 99.1 cm³/mol. The molecule has 0 bridgehead atoms. The van der Waals surface area contributed by atoms with Crippen LogP contribution in [-0.2, 0) is 0 Å². The Morgan fingerprint density at radius 1 is 1.12 bits per heavy atom. The molecule has 6 heteroatoms. The van der Waals surface area contributed by atoms with Crippen LogP contribution in [0.25, 0.3) is 22.6 Å². The molecule has 0 radical (unpaired) electrons. The van der Waals surface area contributed by atoms with Gasteiger partial charge in [0.2, 0.25) is 0 Å². The Morgan fingerprint density at radius 2 is 1.88 bits per heavy atom. The lowest BCUT2D eigenvalue weighted by atomic mass is 10.1. The largest absolute Gasteiger partial charge is 0.497 e. The highest BCUT2D eigenvalue weighted by molar-refractivity contribution is 5.76. The number of anilines is 1. The summed E-state index contributed by atoms with van der Waals surface area (Å²) in [4.78, 5) is 17.1. The van der Waals surface area contributed by atoms with Gasteiger partial charge in [-0.2, -0.15) is 10.1 Å². The molecule has 1 atom stereocenters. The molecule has 5 rings (SSSR count). The van der Waals surface area contributed by atoms with Crippen LogP contribution in [0, 0.1) is 5.92 Å². The summed E-state index contributed by atoms with van der Waals surface area (Å²) in [5, 5.41) is 8.29. The van der Waals surface area contributed by atoms with Crippen molar-refractivity contribution in [3.63, 3.8) is 0 Å². The summed E-state index contributed by atoms with van der Waals surface area (Å²) in [6.45, 7) is 0. The molecule has 6 nitrogen and oxygen atoms in total. The van der Waals surface area contributed by atoms with Gasteiger partial charge in [0.15, 0.2) is 11.5 Å². The number of aromatic nitrogens is 3. The van der Waals surface area contributed by atoms with Crippen LogP contribution in [0.15, 0.2) is 53.3 Å². The molecule has 0 unspecified atom stereocenters. The molecule has 1 aliphatic carbocycles. The molecule has 0 amide bonds. The molecule has 1 aliphatic heterocycles. The number of hydrogen-bond donors (Lipinski definition) is 1. The number of benzene rings is 2. The minimum atomic E-state index is -0.312. The summed E-state index contributed by atoms with van der Waals surface area (Å²) >= 11 is 0. The molecule has 1 aromatic heterocycles. The summed E-state index contributed by atoms with van der Waals surface area (Å²) in [5.74, 6) is 1.90. The molecule has 1 N–H and O–H groups in total. The van der Waals surface area contributed by atoms with Crippen molar-refractivity contribution in [2.24, 2.45) is 5.92 Å². The zero-order valence-corrected chi connectivity index (χ0v) is 14.3. The Balaban J connectivity index is 1.69. The van der Waals surface area contributed by atoms with E-state index in [1.165, 1.54) is 0 Å². The van der Waals surface area contributed by atoms with Gasteiger partial charge in [-0.25, -0.2) is 4.68 Å². The monoisotopic (exact) mass is 346 g/mol. The summed E-state index contributed by atoms with van der Waals surface area (Å²) in [6, 6.07) is 15.3. The van der Waals surface area contributed by atoms with E-state index in [9.17, 15) is 4.79 Å². The number of fused-ring (bicyclic) bond motifs is 3. The van der Waals surface area contributed by atoms with Gasteiger partial charge in [-0.3, -0.25) is 4.79 Å². The number of rotatable bonds is 3. The van der Waals surface area contributed by atoms with Gasteiger partial charge < -0.3 is 10.1 Å². The van der Waals surface area contributed by atoms with Crippen molar-refractivity contribution in [2.45, 2.75) is 19.0 Å². The number of para-hydroxylation sites is 1. The molecule has 26 heavy (non-hydrogen) atoms. The van der Waals surface area contributed by atoms with Gasteiger partial charge in [-0.15, -0.1) is 0 Å². The van der Waals surface area contributed by atoms with Crippen molar-refractivity contribution in [1.29, 1.82) is 0 Å². The van der Waals surface area contributed by atoms with Crippen LogP contribution >= 0.6 is 0 Å². The molecule has 2 aliphatic rings. The number of ether oxygens (including phenoxy) is 1. The van der Waals surface area contributed by atoms with E-state index in [1.54, 1.807) is 7.11 Å². The molecule has 0 spiro atoms. The van der Waals surface area contributed by atoms with E-state index in [0.29, 0.717) is 17.4 Å². The second-order valence-corrected chi connectivity index (χ2v) is 6.73. The average Bonchev–Trinajstić information content (AvgIpc) is 3.52. The van der Waals surface area contributed by atoms with Crippen LogP contribution in [0.4, 0.5) is 5.69 Å². The quantitative estimate of drug-likeness (QED) is 0.788. The summed E-state index contributed by atoms with van der Waals surface area (Å²) in [6.07, 6.45) is 2.35. The van der Waals surface area contributed by atoms with E-state index in [-0.39, 0.29) is 11.7 Å². The summed E-state index contributed by atoms with van der Waals surface area (Å²) < 4.78 is 7.08. The van der Waals surface area contributed by atoms with Gasteiger partial charge >= 0.3 is 0 Å². The summed E-state index contributed by atoms with van der Waals surface area (Å²) in [7, 11) is 1.62. The first kappa shape index (κ1) is 15.1. The molecule has 2 aromatic carbocycles. The Hall–Kier alpha value is -3.15. The Morgan fingerprint density at radius 3 is 2.62 bits per heavy atom. The SMILES string of the molecule is COc1ccc(-c2nn3c(nc2=O)-c2ccccc2N[C@H]3C2CC2)cc1. The van der Waals surface area contributed by atoms with E-state index in [1.807, 2.05) is 53.2 Å². The van der Waals surface area contributed by atoms with E-state index < -0.39 is 0 Å². The second-order valence-electron chi connectivity index (χ2n) is 6.73. The molecule has 3 aromatic rings. The zero-order valence-electron chi connectivity index (χ0n) is 14.3. The number of nitrogens with one attached hydrogen (secondary N) is 1. The van der Waals surface area contributed by atoms with Crippen molar-refractivity contribution in [3.05, 3.63) is 58.9 Å². The lowest BCUT2D eigenvalue weighted by Gasteiger charge is -2.30. The van der Waals surface area contributed by atoms with Gasteiger partial charge in [-0.05, 0) is 55.2 Å². The van der Waals surface area contributed by atoms with Crippen LogP contribution in [0.2, 0.25) is 0 Å². The molecule has 2 heterocycles. The minimum absolute atomic E-state index is 0.0324. The van der Waals surface area contributed by atoms with Crippen molar-refractivity contribution in [1.82, 2.24) is 14.8 Å². The highest BCUT2D eigenvalue weighted by Gasteiger charge is 2.38. The number of nitrogens with zero attached hydrogens (tertiary/aromatic N) is 3. The lowest BCUT2D eigenvalue weighted by molar-refractivity contribution is 0.415. The molecule has 0 saturated heterocycles. The van der Waals surface area contributed by atoms with Gasteiger partial charge in [0.05, 0.1) is 7.11 Å². The van der Waals surface area contributed by atoms with E-state index in [4.69, 9.17) is 9.84 Å². The third-order valence-corrected chi connectivity index (χ3v) is 5.00. The van der Waals surface area contributed by atoms with Crippen LogP contribution in [0.1, 0.15) is 19.0 Å². The highest BCUT2D eigenvalue weighted by atomic mass is 16.5. The first-order valence-electron chi connectivity index (χ1n) is 8.76. The van der Waals surface area contributed by atoms with Gasteiger partial charge in [-0.1, -0.05) is 12.1 Å². The fraction of sp³-hybridized carbons (Fsp3) is 0.250. The number of hydrogen-bond acceptors (Lipinski definition) is 5. The topological polar surface area (TPSA) is 69.0 Å². The minimum Gasteiger partial charge on any atom is -0.497 e. The lowest BCUT2D eigenvalue weighted by Crippen LogP contribution is -2.32. The van der Waals surface area contributed by atoms with Crippen LogP contribution < -0.4 is 15.6 Å². The van der Waals surface area contributed by atoms with Crippen molar-refractivity contribution >= 4 is 5.69 Å². The summed E-state index contributed by atoms with van der Waals surface area (Å²) in [5.41, 5.74) is 2.72. The molecule has 130 valence electrons. The average molecular weight is 346 g/mol. The van der Waals surface area contributed by atoms with E-state index in [0.717, 1.165) is 35.4 Å². The fourth-order valence-corrected chi connectivity index (χ4v) is 3.46. The number of methoxy groups -OCH3 is 1. The Kier molecular flexibility index (Phi) is 3.31. The highest BCUT2D eigenvalue weighted by Crippen LogP contribution is 2.45. The third kappa shape index (κ3) is 2.37. The Labute approximate surface area is 150 Å². The maximum absolute atomic E-state index is 12.7. The van der Waals surface area contributed by atoms with Crippen LogP contribution in [-0.4, -0.2) is 21.9 Å².